The molecule has 1 amide bonds. The monoisotopic (exact) mass is 407 g/mol. The van der Waals surface area contributed by atoms with Gasteiger partial charge < -0.3 is 20.0 Å². The fourth-order valence-electron chi connectivity index (χ4n) is 3.77. The number of carbonyl (C=O) groups is 1. The number of hydrogen-bond acceptors (Lipinski definition) is 3. The fourth-order valence-corrected chi connectivity index (χ4v) is 3.77. The molecule has 0 atom stereocenters. The molecule has 1 heterocycles. The molecule has 160 valence electrons. The predicted octanol–water partition coefficient (Wildman–Crippen LogP) is 2.64. The van der Waals surface area contributed by atoms with E-state index in [1.807, 2.05) is 25.2 Å². The zero-order chi connectivity index (χ0) is 21.5. The number of aliphatic imine (C=N–C) groups is 1. The van der Waals surface area contributed by atoms with E-state index in [0.717, 1.165) is 56.2 Å². The molecule has 0 aliphatic carbocycles. The largest absolute Gasteiger partial charge is 0.368 e. The maximum absolute atomic E-state index is 12.2. The molecule has 0 radical (unpaired) electrons. The summed E-state index contributed by atoms with van der Waals surface area (Å²) in [5.74, 6) is 0.978. The van der Waals surface area contributed by atoms with Crippen LogP contribution in [0.15, 0.2) is 53.5 Å². The topological polar surface area (TPSA) is 51.2 Å². The van der Waals surface area contributed by atoms with Gasteiger partial charge in [0.05, 0.1) is 0 Å². The van der Waals surface area contributed by atoms with Crippen LogP contribution in [0.4, 0.5) is 5.69 Å². The first-order valence-corrected chi connectivity index (χ1v) is 10.6. The summed E-state index contributed by atoms with van der Waals surface area (Å²) < 4.78 is 0. The predicted molar refractivity (Wildman–Crippen MR) is 124 cm³/mol. The third kappa shape index (κ3) is 5.53. The molecule has 1 aliphatic heterocycles. The van der Waals surface area contributed by atoms with Gasteiger partial charge in [0.2, 0.25) is 0 Å². The van der Waals surface area contributed by atoms with Gasteiger partial charge in [-0.25, -0.2) is 0 Å². The average Bonchev–Trinajstić information content (AvgIpc) is 2.76. The van der Waals surface area contributed by atoms with Crippen molar-refractivity contribution in [1.29, 1.82) is 0 Å². The number of carbonyl (C=O) groups excluding carboxylic acids is 1. The zero-order valence-electron chi connectivity index (χ0n) is 18.6. The number of amides is 1. The van der Waals surface area contributed by atoms with Crippen LogP contribution in [0.25, 0.3) is 0 Å². The van der Waals surface area contributed by atoms with Crippen molar-refractivity contribution in [1.82, 2.24) is 15.1 Å². The van der Waals surface area contributed by atoms with E-state index >= 15 is 0 Å². The Kier molecular flexibility index (Phi) is 7.33. The zero-order valence-corrected chi connectivity index (χ0v) is 18.6. The number of anilines is 1. The van der Waals surface area contributed by atoms with Crippen molar-refractivity contribution in [3.63, 3.8) is 0 Å². The molecule has 1 fully saturated rings. The maximum atomic E-state index is 12.2. The van der Waals surface area contributed by atoms with Crippen molar-refractivity contribution in [2.24, 2.45) is 4.99 Å². The molecule has 0 spiro atoms. The fraction of sp³-hybridized carbons (Fsp3) is 0.417. The van der Waals surface area contributed by atoms with Gasteiger partial charge in [-0.05, 0) is 48.7 Å². The number of guanidine groups is 1. The van der Waals surface area contributed by atoms with Gasteiger partial charge in [0.15, 0.2) is 5.96 Å². The number of nitrogens with one attached hydrogen (secondary N) is 1. The summed E-state index contributed by atoms with van der Waals surface area (Å²) in [6.07, 6.45) is 0.844. The van der Waals surface area contributed by atoms with E-state index in [4.69, 9.17) is 0 Å². The molecule has 6 heteroatoms. The summed E-state index contributed by atoms with van der Waals surface area (Å²) in [5, 5.41) is 3.48. The molecule has 1 saturated heterocycles. The highest BCUT2D eigenvalue weighted by atomic mass is 16.2. The van der Waals surface area contributed by atoms with E-state index in [1.165, 1.54) is 11.3 Å². The summed E-state index contributed by atoms with van der Waals surface area (Å²) in [6, 6.07) is 16.6. The van der Waals surface area contributed by atoms with Crippen molar-refractivity contribution in [3.8, 4) is 0 Å². The van der Waals surface area contributed by atoms with Gasteiger partial charge in [-0.1, -0.05) is 24.3 Å². The van der Waals surface area contributed by atoms with Crippen LogP contribution in [0.2, 0.25) is 0 Å². The number of benzene rings is 2. The molecule has 30 heavy (non-hydrogen) atoms. The van der Waals surface area contributed by atoms with Gasteiger partial charge in [0, 0.05) is 65.1 Å². The van der Waals surface area contributed by atoms with E-state index in [0.29, 0.717) is 0 Å². The molecule has 3 rings (SSSR count). The number of aryl methyl sites for hydroxylation is 1. The lowest BCUT2D eigenvalue weighted by Gasteiger charge is -2.37. The molecule has 0 saturated carbocycles. The smallest absolute Gasteiger partial charge is 0.253 e. The number of nitrogens with zero attached hydrogens (tertiary/aromatic N) is 4. The van der Waals surface area contributed by atoms with Crippen molar-refractivity contribution in [2.75, 3.05) is 58.8 Å². The van der Waals surface area contributed by atoms with Gasteiger partial charge in [-0.2, -0.15) is 0 Å². The van der Waals surface area contributed by atoms with Crippen LogP contribution >= 0.6 is 0 Å². The molecular weight excluding hydrogens is 374 g/mol. The Morgan fingerprint density at radius 2 is 1.80 bits per heavy atom. The normalized spacial score (nSPS) is 14.6. The second kappa shape index (κ2) is 10.1. The molecule has 1 aliphatic rings. The van der Waals surface area contributed by atoms with Crippen molar-refractivity contribution < 1.29 is 4.79 Å². The van der Waals surface area contributed by atoms with Crippen LogP contribution < -0.4 is 10.2 Å². The summed E-state index contributed by atoms with van der Waals surface area (Å²) in [5.41, 5.74) is 4.47. The van der Waals surface area contributed by atoms with Crippen molar-refractivity contribution in [2.45, 2.75) is 13.3 Å². The van der Waals surface area contributed by atoms with E-state index < -0.39 is 0 Å². The molecule has 6 nitrogen and oxygen atoms in total. The van der Waals surface area contributed by atoms with Gasteiger partial charge in [-0.15, -0.1) is 0 Å². The second-order valence-corrected chi connectivity index (χ2v) is 7.94. The first-order chi connectivity index (χ1) is 14.5. The van der Waals surface area contributed by atoms with Crippen LogP contribution in [-0.2, 0) is 6.42 Å². The lowest BCUT2D eigenvalue weighted by Crippen LogP contribution is -2.52. The summed E-state index contributed by atoms with van der Waals surface area (Å²) in [6.45, 7) is 6.78. The highest BCUT2D eigenvalue weighted by molar-refractivity contribution is 5.94. The lowest BCUT2D eigenvalue weighted by atomic mass is 10.1. The number of hydrogen-bond donors (Lipinski definition) is 1. The molecule has 0 bridgehead atoms. The standard InChI is InChI=1S/C24H33N5O/c1-19-7-5-10-22(17-19)28-13-15-29(16-14-28)24(25-2)26-12-11-20-8-6-9-21(18-20)23(30)27(3)4/h5-10,17-18H,11-16H2,1-4H3,(H,25,26). The minimum atomic E-state index is 0.0344. The Morgan fingerprint density at radius 3 is 2.47 bits per heavy atom. The summed E-state index contributed by atoms with van der Waals surface area (Å²) >= 11 is 0. The Hall–Kier alpha value is -3.02. The van der Waals surface area contributed by atoms with E-state index in [2.05, 4.69) is 57.4 Å². The van der Waals surface area contributed by atoms with E-state index in [-0.39, 0.29) is 5.91 Å². The third-order valence-electron chi connectivity index (χ3n) is 5.43. The van der Waals surface area contributed by atoms with Crippen LogP contribution in [-0.4, -0.2) is 75.5 Å². The van der Waals surface area contributed by atoms with Gasteiger partial charge >= 0.3 is 0 Å². The Labute approximate surface area is 180 Å². The highest BCUT2D eigenvalue weighted by Gasteiger charge is 2.19. The molecule has 0 unspecified atom stereocenters. The first kappa shape index (κ1) is 21.7. The summed E-state index contributed by atoms with van der Waals surface area (Å²) in [4.78, 5) is 23.0. The Balaban J connectivity index is 1.50. The van der Waals surface area contributed by atoms with E-state index in [9.17, 15) is 4.79 Å². The quantitative estimate of drug-likeness (QED) is 0.612. The average molecular weight is 408 g/mol. The van der Waals surface area contributed by atoms with Crippen molar-refractivity contribution in [3.05, 3.63) is 65.2 Å². The van der Waals surface area contributed by atoms with Gasteiger partial charge in [-0.3, -0.25) is 9.79 Å². The molecule has 2 aromatic carbocycles. The number of rotatable bonds is 5. The van der Waals surface area contributed by atoms with Crippen LogP contribution in [0.5, 0.6) is 0 Å². The van der Waals surface area contributed by atoms with Gasteiger partial charge in [0.1, 0.15) is 0 Å². The Morgan fingerprint density at radius 1 is 1.07 bits per heavy atom. The lowest BCUT2D eigenvalue weighted by molar-refractivity contribution is 0.0827. The minimum Gasteiger partial charge on any atom is -0.368 e. The number of piperazine rings is 1. The maximum Gasteiger partial charge on any atom is 0.253 e. The minimum absolute atomic E-state index is 0.0344. The SMILES string of the molecule is CN=C(NCCc1cccc(C(=O)N(C)C)c1)N1CCN(c2cccc(C)c2)CC1. The van der Waals surface area contributed by atoms with Crippen LogP contribution in [0, 0.1) is 6.92 Å². The summed E-state index contributed by atoms with van der Waals surface area (Å²) in [7, 11) is 5.39. The molecular formula is C24H33N5O. The second-order valence-electron chi connectivity index (χ2n) is 7.94. The Bertz CT molecular complexity index is 885. The third-order valence-corrected chi connectivity index (χ3v) is 5.43. The van der Waals surface area contributed by atoms with E-state index in [1.54, 1.807) is 19.0 Å². The molecule has 0 aromatic heterocycles. The van der Waals surface area contributed by atoms with Crippen LogP contribution in [0.3, 0.4) is 0 Å². The van der Waals surface area contributed by atoms with Gasteiger partial charge in [0.25, 0.3) is 5.91 Å². The molecule has 2 aromatic rings. The molecule has 1 N–H and O–H groups in total. The highest BCUT2D eigenvalue weighted by Crippen LogP contribution is 2.17. The first-order valence-electron chi connectivity index (χ1n) is 10.6. The van der Waals surface area contributed by atoms with Crippen molar-refractivity contribution >= 4 is 17.6 Å². The van der Waals surface area contributed by atoms with Crippen LogP contribution in [0.1, 0.15) is 21.5 Å².